The summed E-state index contributed by atoms with van der Waals surface area (Å²) in [5, 5.41) is 3.37. The highest BCUT2D eigenvalue weighted by atomic mass is 35.5. The molecule has 3 rings (SSSR count). The molecule has 0 saturated heterocycles. The Balaban J connectivity index is 1.58. The van der Waals surface area contributed by atoms with Gasteiger partial charge in [-0.25, -0.2) is 9.78 Å². The number of rotatable bonds is 4. The second-order valence-corrected chi connectivity index (χ2v) is 5.53. The number of aromatic nitrogens is 1. The molecule has 0 unspecified atom stereocenters. The second-order valence-electron chi connectivity index (χ2n) is 5.14. The Bertz CT molecular complexity index is 624. The molecule has 1 amide bonds. The smallest absolute Gasteiger partial charge is 0.408 e. The zero-order chi connectivity index (χ0) is 14.7. The van der Waals surface area contributed by atoms with Gasteiger partial charge in [-0.05, 0) is 30.0 Å². The molecule has 1 heterocycles. The van der Waals surface area contributed by atoms with Crippen LogP contribution in [0.4, 0.5) is 4.79 Å². The van der Waals surface area contributed by atoms with E-state index in [4.69, 9.17) is 16.3 Å². The molecule has 2 aromatic rings. The van der Waals surface area contributed by atoms with Gasteiger partial charge in [0.05, 0.1) is 5.54 Å². The third-order valence-corrected chi connectivity index (χ3v) is 3.81. The molecule has 0 bridgehead atoms. The molecule has 21 heavy (non-hydrogen) atoms. The SMILES string of the molecule is O=C(NC1(c2ccc(Cl)nc2)CC1)OCc1ccccc1. The number of hydrogen-bond donors (Lipinski definition) is 1. The molecule has 108 valence electrons. The number of carbonyl (C=O) groups excluding carboxylic acids is 1. The maximum Gasteiger partial charge on any atom is 0.408 e. The number of pyridine rings is 1. The number of nitrogens with zero attached hydrogens (tertiary/aromatic N) is 1. The first-order valence-corrected chi connectivity index (χ1v) is 7.17. The summed E-state index contributed by atoms with van der Waals surface area (Å²) >= 11 is 5.78. The number of carbonyl (C=O) groups is 1. The fourth-order valence-electron chi connectivity index (χ4n) is 2.22. The Morgan fingerprint density at radius 2 is 2.00 bits per heavy atom. The van der Waals surface area contributed by atoms with Crippen LogP contribution < -0.4 is 5.32 Å². The highest BCUT2D eigenvalue weighted by Crippen LogP contribution is 2.45. The largest absolute Gasteiger partial charge is 0.445 e. The lowest BCUT2D eigenvalue weighted by molar-refractivity contribution is 0.134. The van der Waals surface area contributed by atoms with Crippen molar-refractivity contribution in [2.75, 3.05) is 0 Å². The molecule has 1 N–H and O–H groups in total. The normalized spacial score (nSPS) is 15.3. The van der Waals surface area contributed by atoms with E-state index >= 15 is 0 Å². The van der Waals surface area contributed by atoms with Crippen molar-refractivity contribution in [3.05, 3.63) is 64.9 Å². The van der Waals surface area contributed by atoms with Crippen LogP contribution in [0.1, 0.15) is 24.0 Å². The van der Waals surface area contributed by atoms with Gasteiger partial charge < -0.3 is 10.1 Å². The molecule has 1 saturated carbocycles. The Kier molecular flexibility index (Phi) is 3.80. The fourth-order valence-corrected chi connectivity index (χ4v) is 2.34. The molecule has 0 radical (unpaired) electrons. The Hall–Kier alpha value is -2.07. The highest BCUT2D eigenvalue weighted by molar-refractivity contribution is 6.29. The van der Waals surface area contributed by atoms with Gasteiger partial charge >= 0.3 is 6.09 Å². The minimum atomic E-state index is -0.411. The van der Waals surface area contributed by atoms with Gasteiger partial charge in [0.2, 0.25) is 0 Å². The molecule has 1 aromatic carbocycles. The van der Waals surface area contributed by atoms with E-state index < -0.39 is 6.09 Å². The van der Waals surface area contributed by atoms with Crippen molar-refractivity contribution in [2.24, 2.45) is 0 Å². The summed E-state index contributed by atoms with van der Waals surface area (Å²) in [5.74, 6) is 0. The number of ether oxygens (including phenoxy) is 1. The lowest BCUT2D eigenvalue weighted by atomic mass is 10.1. The van der Waals surface area contributed by atoms with E-state index in [-0.39, 0.29) is 12.1 Å². The average molecular weight is 303 g/mol. The molecule has 0 atom stereocenters. The van der Waals surface area contributed by atoms with E-state index in [2.05, 4.69) is 10.3 Å². The summed E-state index contributed by atoms with van der Waals surface area (Å²) in [6.45, 7) is 0.265. The summed E-state index contributed by atoms with van der Waals surface area (Å²) in [4.78, 5) is 16.0. The van der Waals surface area contributed by atoms with Gasteiger partial charge in [-0.3, -0.25) is 0 Å². The Labute approximate surface area is 128 Å². The van der Waals surface area contributed by atoms with Crippen LogP contribution in [0, 0.1) is 0 Å². The van der Waals surface area contributed by atoms with Gasteiger partial charge in [0.25, 0.3) is 0 Å². The fraction of sp³-hybridized carbons (Fsp3) is 0.250. The standard InChI is InChI=1S/C16H15ClN2O2/c17-14-7-6-13(10-18-14)16(8-9-16)19-15(20)21-11-12-4-2-1-3-5-12/h1-7,10H,8-9,11H2,(H,19,20). The van der Waals surface area contributed by atoms with Crippen molar-refractivity contribution < 1.29 is 9.53 Å². The minimum absolute atomic E-state index is 0.265. The molecular weight excluding hydrogens is 288 g/mol. The Morgan fingerprint density at radius 1 is 1.24 bits per heavy atom. The van der Waals surface area contributed by atoms with Crippen LogP contribution in [0.15, 0.2) is 48.7 Å². The first kappa shape index (κ1) is 13.9. The summed E-state index contributed by atoms with van der Waals surface area (Å²) in [6.07, 6.45) is 3.06. The van der Waals surface area contributed by atoms with Crippen molar-refractivity contribution in [3.8, 4) is 0 Å². The van der Waals surface area contributed by atoms with E-state index in [9.17, 15) is 4.79 Å². The number of hydrogen-bond acceptors (Lipinski definition) is 3. The van der Waals surface area contributed by atoms with Crippen LogP contribution in [0.3, 0.4) is 0 Å². The molecule has 0 aliphatic heterocycles. The lowest BCUT2D eigenvalue weighted by Crippen LogP contribution is -2.35. The number of benzene rings is 1. The quantitative estimate of drug-likeness (QED) is 0.877. The van der Waals surface area contributed by atoms with E-state index in [0.29, 0.717) is 5.15 Å². The minimum Gasteiger partial charge on any atom is -0.445 e. The topological polar surface area (TPSA) is 51.2 Å². The predicted octanol–water partition coefficient (Wildman–Crippen LogP) is 3.65. The number of halogens is 1. The van der Waals surface area contributed by atoms with Crippen molar-refractivity contribution in [2.45, 2.75) is 25.0 Å². The first-order valence-electron chi connectivity index (χ1n) is 6.79. The second kappa shape index (κ2) is 5.74. The van der Waals surface area contributed by atoms with Crippen molar-refractivity contribution in [1.82, 2.24) is 10.3 Å². The van der Waals surface area contributed by atoms with Gasteiger partial charge in [0.1, 0.15) is 11.8 Å². The highest BCUT2D eigenvalue weighted by Gasteiger charge is 2.46. The molecular formula is C16H15ClN2O2. The average Bonchev–Trinajstić information content (AvgIpc) is 3.27. The molecule has 4 nitrogen and oxygen atoms in total. The van der Waals surface area contributed by atoms with Crippen molar-refractivity contribution in [3.63, 3.8) is 0 Å². The molecule has 5 heteroatoms. The van der Waals surface area contributed by atoms with Crippen LogP contribution in [-0.4, -0.2) is 11.1 Å². The van der Waals surface area contributed by atoms with Crippen LogP contribution in [0.2, 0.25) is 5.15 Å². The van der Waals surface area contributed by atoms with E-state index in [1.807, 2.05) is 36.4 Å². The summed E-state index contributed by atoms with van der Waals surface area (Å²) in [6, 6.07) is 13.2. The lowest BCUT2D eigenvalue weighted by Gasteiger charge is -2.17. The summed E-state index contributed by atoms with van der Waals surface area (Å²) in [5.41, 5.74) is 1.58. The van der Waals surface area contributed by atoms with Gasteiger partial charge in [0, 0.05) is 6.20 Å². The maximum absolute atomic E-state index is 11.9. The molecule has 1 fully saturated rings. The van der Waals surface area contributed by atoms with Gasteiger partial charge in [-0.15, -0.1) is 0 Å². The first-order chi connectivity index (χ1) is 10.2. The zero-order valence-electron chi connectivity index (χ0n) is 11.4. The van der Waals surface area contributed by atoms with E-state index in [1.165, 1.54) is 0 Å². The van der Waals surface area contributed by atoms with Gasteiger partial charge in [0.15, 0.2) is 0 Å². The molecule has 1 aliphatic rings. The maximum atomic E-state index is 11.9. The van der Waals surface area contributed by atoms with Crippen LogP contribution in [-0.2, 0) is 16.9 Å². The van der Waals surface area contributed by atoms with Crippen molar-refractivity contribution >= 4 is 17.7 Å². The zero-order valence-corrected chi connectivity index (χ0v) is 12.1. The van der Waals surface area contributed by atoms with Crippen LogP contribution >= 0.6 is 11.6 Å². The van der Waals surface area contributed by atoms with Gasteiger partial charge in [-0.2, -0.15) is 0 Å². The van der Waals surface area contributed by atoms with Crippen LogP contribution in [0.25, 0.3) is 0 Å². The summed E-state index contributed by atoms with van der Waals surface area (Å²) in [7, 11) is 0. The molecule has 1 aliphatic carbocycles. The van der Waals surface area contributed by atoms with E-state index in [1.54, 1.807) is 12.3 Å². The van der Waals surface area contributed by atoms with E-state index in [0.717, 1.165) is 24.0 Å². The predicted molar refractivity (Wildman–Crippen MR) is 79.9 cm³/mol. The molecule has 1 aromatic heterocycles. The Morgan fingerprint density at radius 3 is 2.62 bits per heavy atom. The monoisotopic (exact) mass is 302 g/mol. The third-order valence-electron chi connectivity index (χ3n) is 3.58. The van der Waals surface area contributed by atoms with Gasteiger partial charge in [-0.1, -0.05) is 48.0 Å². The number of nitrogens with one attached hydrogen (secondary N) is 1. The van der Waals surface area contributed by atoms with Crippen molar-refractivity contribution in [1.29, 1.82) is 0 Å². The van der Waals surface area contributed by atoms with Crippen LogP contribution in [0.5, 0.6) is 0 Å². The summed E-state index contributed by atoms with van der Waals surface area (Å²) < 4.78 is 5.25. The number of alkyl carbamates (subject to hydrolysis) is 1. The molecule has 0 spiro atoms. The number of amides is 1. The third kappa shape index (κ3) is 3.34.